The van der Waals surface area contributed by atoms with Crippen LogP contribution in [-0.2, 0) is 30.9 Å². The number of ether oxygens (including phenoxy) is 1. The fourth-order valence-corrected chi connectivity index (χ4v) is 6.11. The third-order valence-corrected chi connectivity index (χ3v) is 8.04. The quantitative estimate of drug-likeness (QED) is 0.502. The summed E-state index contributed by atoms with van der Waals surface area (Å²) in [4.78, 5) is 37.2. The molecule has 0 radical (unpaired) electrons. The molecule has 0 aromatic carbocycles. The second kappa shape index (κ2) is 10.8. The number of likely N-dealkylation sites (tertiary alicyclic amines) is 1. The van der Waals surface area contributed by atoms with E-state index in [0.717, 1.165) is 46.2 Å². The summed E-state index contributed by atoms with van der Waals surface area (Å²) in [6.45, 7) is 5.41. The molecule has 8 heteroatoms. The van der Waals surface area contributed by atoms with Gasteiger partial charge in [-0.2, -0.15) is 0 Å². The van der Waals surface area contributed by atoms with Crippen molar-refractivity contribution in [3.8, 4) is 11.1 Å². The smallest absolute Gasteiger partial charge is 0.264 e. The number of thiophene rings is 1. The minimum Gasteiger partial charge on any atom is -0.379 e. The van der Waals surface area contributed by atoms with Gasteiger partial charge in [-0.25, -0.2) is 0 Å². The summed E-state index contributed by atoms with van der Waals surface area (Å²) in [5.41, 5.74) is 3.72. The molecule has 0 aliphatic carbocycles. The van der Waals surface area contributed by atoms with E-state index in [2.05, 4.69) is 9.88 Å². The molecular weight excluding hydrogens is 460 g/mol. The minimum absolute atomic E-state index is 0.0412. The molecule has 2 aliphatic rings. The van der Waals surface area contributed by atoms with Crippen LogP contribution in [0.25, 0.3) is 11.1 Å². The zero-order chi connectivity index (χ0) is 24.2. The molecule has 0 N–H and O–H groups in total. The first-order chi connectivity index (χ1) is 17.1. The van der Waals surface area contributed by atoms with Crippen molar-refractivity contribution >= 4 is 17.2 Å². The highest BCUT2D eigenvalue weighted by Gasteiger charge is 2.27. The monoisotopic (exact) mass is 492 g/mol. The van der Waals surface area contributed by atoms with Crippen LogP contribution in [0.5, 0.6) is 0 Å². The standard InChI is InChI=1S/C27H32N4O3S/c1-34-19-22-5-6-25(35-22)27(33)30-14-9-24-21(18-30)17-23(20-7-10-28-11-8-20)26(32)31(24)16-15-29-12-3-2-4-13-29/h5-8,10-11,17H,2-4,9,12-16,18-19H2,1H3. The Morgan fingerprint density at radius 1 is 1.06 bits per heavy atom. The highest BCUT2D eigenvalue weighted by atomic mass is 32.1. The van der Waals surface area contributed by atoms with Gasteiger partial charge >= 0.3 is 0 Å². The van der Waals surface area contributed by atoms with Crippen molar-refractivity contribution in [2.75, 3.05) is 33.3 Å². The Hall–Kier alpha value is -2.81. The SMILES string of the molecule is COCc1ccc(C(=O)N2CCc3c(cc(-c4ccncc4)c(=O)n3CCN3CCCCC3)C2)s1. The molecule has 0 unspecified atom stereocenters. The number of carbonyl (C=O) groups excluding carboxylic acids is 1. The molecule has 2 aliphatic heterocycles. The Morgan fingerprint density at radius 2 is 1.86 bits per heavy atom. The Labute approximate surface area is 210 Å². The average molecular weight is 493 g/mol. The van der Waals surface area contributed by atoms with E-state index < -0.39 is 0 Å². The highest BCUT2D eigenvalue weighted by molar-refractivity contribution is 7.14. The molecule has 0 spiro atoms. The summed E-state index contributed by atoms with van der Waals surface area (Å²) in [5, 5.41) is 0. The molecule has 0 atom stereocenters. The van der Waals surface area contributed by atoms with E-state index in [1.807, 2.05) is 39.8 Å². The number of aromatic nitrogens is 2. The summed E-state index contributed by atoms with van der Waals surface area (Å²) in [6, 6.07) is 9.60. The van der Waals surface area contributed by atoms with E-state index in [-0.39, 0.29) is 11.5 Å². The van der Waals surface area contributed by atoms with Crippen molar-refractivity contribution in [3.05, 3.63) is 74.1 Å². The molecule has 35 heavy (non-hydrogen) atoms. The lowest BCUT2D eigenvalue weighted by Gasteiger charge is -2.32. The van der Waals surface area contributed by atoms with Crippen LogP contribution in [-0.4, -0.2) is 58.5 Å². The second-order valence-electron chi connectivity index (χ2n) is 9.30. The van der Waals surface area contributed by atoms with Crippen LogP contribution in [0.15, 0.2) is 47.5 Å². The molecule has 184 valence electrons. The lowest BCUT2D eigenvalue weighted by Crippen LogP contribution is -2.41. The van der Waals surface area contributed by atoms with Crippen LogP contribution in [0, 0.1) is 0 Å². The van der Waals surface area contributed by atoms with Crippen molar-refractivity contribution in [2.45, 2.75) is 45.4 Å². The summed E-state index contributed by atoms with van der Waals surface area (Å²) in [6.07, 6.45) is 7.88. The Kier molecular flexibility index (Phi) is 7.41. The summed E-state index contributed by atoms with van der Waals surface area (Å²) in [7, 11) is 1.66. The molecule has 0 bridgehead atoms. The summed E-state index contributed by atoms with van der Waals surface area (Å²) in [5.74, 6) is 0.0412. The number of rotatable bonds is 7. The number of hydrogen-bond acceptors (Lipinski definition) is 6. The fourth-order valence-electron chi connectivity index (χ4n) is 5.16. The average Bonchev–Trinajstić information content (AvgIpc) is 3.37. The maximum atomic E-state index is 13.6. The van der Waals surface area contributed by atoms with E-state index in [4.69, 9.17) is 4.74 Å². The first-order valence-electron chi connectivity index (χ1n) is 12.4. The summed E-state index contributed by atoms with van der Waals surface area (Å²) >= 11 is 1.49. The molecule has 1 fully saturated rings. The molecular formula is C27H32N4O3S. The van der Waals surface area contributed by atoms with Crippen molar-refractivity contribution in [2.24, 2.45) is 0 Å². The van der Waals surface area contributed by atoms with Gasteiger partial charge in [0.1, 0.15) is 0 Å². The zero-order valence-electron chi connectivity index (χ0n) is 20.2. The predicted octanol–water partition coefficient (Wildman–Crippen LogP) is 3.80. The molecule has 0 saturated carbocycles. The predicted molar refractivity (Wildman–Crippen MR) is 138 cm³/mol. The van der Waals surface area contributed by atoms with E-state index in [9.17, 15) is 9.59 Å². The third-order valence-electron chi connectivity index (χ3n) is 7.00. The van der Waals surface area contributed by atoms with Gasteiger partial charge in [0.05, 0.1) is 11.5 Å². The minimum atomic E-state index is 0.0412. The van der Waals surface area contributed by atoms with Crippen LogP contribution < -0.4 is 5.56 Å². The molecule has 3 aromatic rings. The molecule has 1 saturated heterocycles. The van der Waals surface area contributed by atoms with Crippen LogP contribution in [0.1, 0.15) is 45.1 Å². The topological polar surface area (TPSA) is 67.7 Å². The Morgan fingerprint density at radius 3 is 2.63 bits per heavy atom. The molecule has 3 aromatic heterocycles. The van der Waals surface area contributed by atoms with Gasteiger partial charge in [-0.05, 0) is 67.4 Å². The van der Waals surface area contributed by atoms with Crippen LogP contribution in [0.4, 0.5) is 0 Å². The molecule has 5 heterocycles. The summed E-state index contributed by atoms with van der Waals surface area (Å²) < 4.78 is 7.18. The first-order valence-corrected chi connectivity index (χ1v) is 13.2. The Balaban J connectivity index is 1.45. The van der Waals surface area contributed by atoms with Gasteiger partial charge < -0.3 is 19.1 Å². The van der Waals surface area contributed by atoms with E-state index in [1.54, 1.807) is 19.5 Å². The maximum absolute atomic E-state index is 13.6. The zero-order valence-corrected chi connectivity index (χ0v) is 21.1. The van der Waals surface area contributed by atoms with Crippen LogP contribution in [0.3, 0.4) is 0 Å². The highest BCUT2D eigenvalue weighted by Crippen LogP contribution is 2.26. The number of carbonyl (C=O) groups is 1. The number of hydrogen-bond donors (Lipinski definition) is 0. The van der Waals surface area contributed by atoms with Crippen LogP contribution >= 0.6 is 11.3 Å². The van der Waals surface area contributed by atoms with Crippen molar-refractivity contribution < 1.29 is 9.53 Å². The lowest BCUT2D eigenvalue weighted by molar-refractivity contribution is 0.0736. The second-order valence-corrected chi connectivity index (χ2v) is 10.5. The lowest BCUT2D eigenvalue weighted by atomic mass is 9.99. The number of piperidine rings is 1. The number of methoxy groups -OCH3 is 1. The van der Waals surface area contributed by atoms with Gasteiger partial charge in [0.2, 0.25) is 0 Å². The normalized spacial score (nSPS) is 16.3. The maximum Gasteiger partial charge on any atom is 0.264 e. The number of fused-ring (bicyclic) bond motifs is 1. The molecule has 1 amide bonds. The largest absolute Gasteiger partial charge is 0.379 e. The van der Waals surface area contributed by atoms with Crippen molar-refractivity contribution in [1.82, 2.24) is 19.4 Å². The van der Waals surface area contributed by atoms with E-state index in [1.165, 1.54) is 30.6 Å². The Bertz CT molecular complexity index is 1230. The number of nitrogens with zero attached hydrogens (tertiary/aromatic N) is 4. The molecule has 5 rings (SSSR count). The van der Waals surface area contributed by atoms with Crippen molar-refractivity contribution in [1.29, 1.82) is 0 Å². The number of amides is 1. The van der Waals surface area contributed by atoms with Gasteiger partial charge in [0.15, 0.2) is 0 Å². The van der Waals surface area contributed by atoms with Gasteiger partial charge in [-0.15, -0.1) is 11.3 Å². The van der Waals surface area contributed by atoms with Gasteiger partial charge in [-0.1, -0.05) is 6.42 Å². The van der Waals surface area contributed by atoms with E-state index >= 15 is 0 Å². The number of pyridine rings is 2. The van der Waals surface area contributed by atoms with Gasteiger partial charge in [0.25, 0.3) is 11.5 Å². The van der Waals surface area contributed by atoms with Crippen LogP contribution in [0.2, 0.25) is 0 Å². The first kappa shape index (κ1) is 23.9. The molecule has 7 nitrogen and oxygen atoms in total. The third kappa shape index (κ3) is 5.24. The van der Waals surface area contributed by atoms with Crippen molar-refractivity contribution in [3.63, 3.8) is 0 Å². The van der Waals surface area contributed by atoms with E-state index in [0.29, 0.717) is 38.2 Å². The fraction of sp³-hybridized carbons (Fsp3) is 0.444. The van der Waals surface area contributed by atoms with Gasteiger partial charge in [0, 0.05) is 68.2 Å². The van der Waals surface area contributed by atoms with Gasteiger partial charge in [-0.3, -0.25) is 14.6 Å².